The number of hydrogen-bond donors (Lipinski definition) is 2. The molecule has 0 aliphatic heterocycles. The summed E-state index contributed by atoms with van der Waals surface area (Å²) >= 11 is 0. The number of aryl methyl sites for hydroxylation is 1. The highest BCUT2D eigenvalue weighted by Crippen LogP contribution is 2.23. The summed E-state index contributed by atoms with van der Waals surface area (Å²) in [5, 5.41) is 24.5. The average Bonchev–Trinajstić information content (AvgIpc) is 2.84. The van der Waals surface area contributed by atoms with Crippen LogP contribution >= 0.6 is 0 Å². The fourth-order valence-corrected chi connectivity index (χ4v) is 1.69. The third-order valence-electron chi connectivity index (χ3n) is 2.77. The van der Waals surface area contributed by atoms with Crippen molar-refractivity contribution in [3.63, 3.8) is 0 Å². The fraction of sp³-hybridized carbons (Fsp3) is 0.364. The van der Waals surface area contributed by atoms with Crippen molar-refractivity contribution in [2.45, 2.75) is 6.42 Å². The molecule has 2 heterocycles. The van der Waals surface area contributed by atoms with Gasteiger partial charge in [-0.05, 0) is 6.07 Å². The molecule has 0 aliphatic rings. The van der Waals surface area contributed by atoms with E-state index < -0.39 is 4.92 Å². The van der Waals surface area contributed by atoms with Crippen molar-refractivity contribution in [3.8, 4) is 0 Å². The zero-order chi connectivity index (χ0) is 14.5. The van der Waals surface area contributed by atoms with Gasteiger partial charge in [0.05, 0.1) is 4.92 Å². The van der Waals surface area contributed by atoms with Gasteiger partial charge in [-0.1, -0.05) is 0 Å². The molecule has 0 amide bonds. The highest BCUT2D eigenvalue weighted by atomic mass is 16.6. The quantitative estimate of drug-likeness (QED) is 0.593. The van der Waals surface area contributed by atoms with Crippen LogP contribution in [0.4, 0.5) is 17.3 Å². The Morgan fingerprint density at radius 2 is 2.25 bits per heavy atom. The number of nitro groups is 1. The van der Waals surface area contributed by atoms with E-state index in [1.807, 2.05) is 7.05 Å². The molecule has 0 aliphatic carbocycles. The maximum absolute atomic E-state index is 10.9. The van der Waals surface area contributed by atoms with Gasteiger partial charge in [-0.15, -0.1) is 10.2 Å². The van der Waals surface area contributed by atoms with Gasteiger partial charge in [0.2, 0.25) is 5.82 Å². The number of hydrogen-bond acceptors (Lipinski definition) is 7. The lowest BCUT2D eigenvalue weighted by Crippen LogP contribution is -2.11. The summed E-state index contributed by atoms with van der Waals surface area (Å²) in [4.78, 5) is 14.6. The number of nitrogens with zero attached hydrogens (tertiary/aromatic N) is 5. The molecule has 0 spiro atoms. The van der Waals surface area contributed by atoms with E-state index in [4.69, 9.17) is 0 Å². The second-order valence-electron chi connectivity index (χ2n) is 4.11. The molecule has 0 atom stereocenters. The van der Waals surface area contributed by atoms with Gasteiger partial charge in [-0.2, -0.15) is 0 Å². The minimum absolute atomic E-state index is 0.0537. The molecule has 0 radical (unpaired) electrons. The zero-order valence-corrected chi connectivity index (χ0v) is 11.2. The van der Waals surface area contributed by atoms with Crippen molar-refractivity contribution >= 4 is 17.3 Å². The second kappa shape index (κ2) is 5.95. The molecule has 9 nitrogen and oxygen atoms in total. The largest absolute Gasteiger partial charge is 0.373 e. The SMILES string of the molecule is CNc1ccc([N+](=O)[O-])c(NCCc2nncn2C)n1. The monoisotopic (exact) mass is 277 g/mol. The van der Waals surface area contributed by atoms with E-state index >= 15 is 0 Å². The molecule has 2 aromatic rings. The first kappa shape index (κ1) is 13.7. The maximum atomic E-state index is 10.9. The summed E-state index contributed by atoms with van der Waals surface area (Å²) in [6.07, 6.45) is 2.21. The Kier molecular flexibility index (Phi) is 4.08. The topological polar surface area (TPSA) is 111 Å². The van der Waals surface area contributed by atoms with E-state index in [-0.39, 0.29) is 11.5 Å². The Morgan fingerprint density at radius 1 is 1.45 bits per heavy atom. The number of rotatable bonds is 6. The van der Waals surface area contributed by atoms with Crippen molar-refractivity contribution in [2.75, 3.05) is 24.2 Å². The first-order valence-electron chi connectivity index (χ1n) is 6.01. The van der Waals surface area contributed by atoms with Gasteiger partial charge in [0.25, 0.3) is 0 Å². The molecule has 2 N–H and O–H groups in total. The highest BCUT2D eigenvalue weighted by Gasteiger charge is 2.15. The third-order valence-corrected chi connectivity index (χ3v) is 2.77. The normalized spacial score (nSPS) is 10.3. The average molecular weight is 277 g/mol. The van der Waals surface area contributed by atoms with E-state index in [1.165, 1.54) is 6.07 Å². The number of aromatic nitrogens is 4. The third kappa shape index (κ3) is 2.99. The zero-order valence-electron chi connectivity index (χ0n) is 11.2. The first-order valence-corrected chi connectivity index (χ1v) is 6.01. The molecular formula is C11H15N7O2. The van der Waals surface area contributed by atoms with Gasteiger partial charge in [0, 0.05) is 33.1 Å². The summed E-state index contributed by atoms with van der Waals surface area (Å²) in [6.45, 7) is 0.480. The molecule has 0 fully saturated rings. The Labute approximate surface area is 115 Å². The number of nitrogens with one attached hydrogen (secondary N) is 2. The smallest absolute Gasteiger partial charge is 0.311 e. The Hall–Kier alpha value is -2.71. The maximum Gasteiger partial charge on any atom is 0.311 e. The van der Waals surface area contributed by atoms with Gasteiger partial charge < -0.3 is 15.2 Å². The van der Waals surface area contributed by atoms with Gasteiger partial charge in [0.1, 0.15) is 18.0 Å². The number of anilines is 2. The molecule has 0 aromatic carbocycles. The molecule has 0 unspecified atom stereocenters. The van der Waals surface area contributed by atoms with Crippen LogP contribution in [-0.2, 0) is 13.5 Å². The number of pyridine rings is 1. The minimum Gasteiger partial charge on any atom is -0.373 e. The molecule has 2 aromatic heterocycles. The van der Waals surface area contributed by atoms with Crippen LogP contribution in [0.15, 0.2) is 18.5 Å². The van der Waals surface area contributed by atoms with Crippen LogP contribution in [0.25, 0.3) is 0 Å². The van der Waals surface area contributed by atoms with E-state index in [0.717, 1.165) is 5.82 Å². The van der Waals surface area contributed by atoms with E-state index in [0.29, 0.717) is 18.8 Å². The van der Waals surface area contributed by atoms with E-state index in [1.54, 1.807) is 24.0 Å². The fourth-order valence-electron chi connectivity index (χ4n) is 1.69. The highest BCUT2D eigenvalue weighted by molar-refractivity contribution is 5.60. The molecule has 20 heavy (non-hydrogen) atoms. The predicted molar refractivity (Wildman–Crippen MR) is 73.6 cm³/mol. The van der Waals surface area contributed by atoms with Crippen LogP contribution in [0.1, 0.15) is 5.82 Å². The Morgan fingerprint density at radius 3 is 2.85 bits per heavy atom. The van der Waals surface area contributed by atoms with E-state index in [2.05, 4.69) is 25.8 Å². The van der Waals surface area contributed by atoms with Crippen LogP contribution in [0.3, 0.4) is 0 Å². The second-order valence-corrected chi connectivity index (χ2v) is 4.11. The van der Waals surface area contributed by atoms with Crippen molar-refractivity contribution in [2.24, 2.45) is 7.05 Å². The van der Waals surface area contributed by atoms with Gasteiger partial charge >= 0.3 is 5.69 Å². The standard InChI is InChI=1S/C11H15N7O2/c1-12-9-4-3-8(18(19)20)11(15-9)13-6-5-10-16-14-7-17(10)2/h3-4,7H,5-6H2,1-2H3,(H2,12,13,15). The van der Waals surface area contributed by atoms with Crippen molar-refractivity contribution in [1.29, 1.82) is 0 Å². The van der Waals surface area contributed by atoms with Crippen molar-refractivity contribution < 1.29 is 4.92 Å². The van der Waals surface area contributed by atoms with Gasteiger partial charge in [-0.3, -0.25) is 10.1 Å². The predicted octanol–water partition coefficient (Wildman–Crippen LogP) is 0.815. The summed E-state index contributed by atoms with van der Waals surface area (Å²) < 4.78 is 1.80. The minimum atomic E-state index is -0.461. The molecule has 9 heteroatoms. The van der Waals surface area contributed by atoms with Crippen LogP contribution in [0.2, 0.25) is 0 Å². The van der Waals surface area contributed by atoms with Crippen molar-refractivity contribution in [3.05, 3.63) is 34.4 Å². The van der Waals surface area contributed by atoms with Gasteiger partial charge in [0.15, 0.2) is 0 Å². The molecule has 0 bridgehead atoms. The van der Waals surface area contributed by atoms with Crippen LogP contribution < -0.4 is 10.6 Å². The van der Waals surface area contributed by atoms with E-state index in [9.17, 15) is 10.1 Å². The van der Waals surface area contributed by atoms with Gasteiger partial charge in [-0.25, -0.2) is 4.98 Å². The van der Waals surface area contributed by atoms with Crippen molar-refractivity contribution in [1.82, 2.24) is 19.7 Å². The summed E-state index contributed by atoms with van der Waals surface area (Å²) in [5.74, 6) is 1.60. The lowest BCUT2D eigenvalue weighted by atomic mass is 10.3. The summed E-state index contributed by atoms with van der Waals surface area (Å²) in [7, 11) is 3.55. The summed E-state index contributed by atoms with van der Waals surface area (Å²) in [6, 6.07) is 2.98. The van der Waals surface area contributed by atoms with Crippen LogP contribution in [0.5, 0.6) is 0 Å². The Bertz CT molecular complexity index is 611. The molecule has 2 rings (SSSR count). The van der Waals surface area contributed by atoms with Crippen LogP contribution in [-0.4, -0.2) is 38.3 Å². The Balaban J connectivity index is 2.07. The molecule has 0 saturated carbocycles. The summed E-state index contributed by atoms with van der Waals surface area (Å²) in [5.41, 5.74) is -0.0537. The van der Waals surface area contributed by atoms with Crippen LogP contribution in [0, 0.1) is 10.1 Å². The molecular weight excluding hydrogens is 262 g/mol. The lowest BCUT2D eigenvalue weighted by Gasteiger charge is -2.07. The first-order chi connectivity index (χ1) is 9.61. The lowest BCUT2D eigenvalue weighted by molar-refractivity contribution is -0.384. The molecule has 0 saturated heterocycles. The molecule has 106 valence electrons.